The highest BCUT2D eigenvalue weighted by molar-refractivity contribution is 5.73. The largest absolute Gasteiger partial charge is 0.396 e. The van der Waals surface area contributed by atoms with E-state index >= 15 is 0 Å². The molecule has 0 spiro atoms. The molecule has 4 heteroatoms. The van der Waals surface area contributed by atoms with Gasteiger partial charge in [-0.3, -0.25) is 4.79 Å². The molecule has 2 fully saturated rings. The van der Waals surface area contributed by atoms with E-state index < -0.39 is 0 Å². The van der Waals surface area contributed by atoms with Crippen LogP contribution in [0.1, 0.15) is 51.9 Å². The van der Waals surface area contributed by atoms with Gasteiger partial charge in [-0.05, 0) is 31.6 Å². The summed E-state index contributed by atoms with van der Waals surface area (Å²) in [6, 6.07) is 1.05. The van der Waals surface area contributed by atoms with E-state index in [9.17, 15) is 4.79 Å². The summed E-state index contributed by atoms with van der Waals surface area (Å²) in [5.74, 6) is 0.613. The summed E-state index contributed by atoms with van der Waals surface area (Å²) in [7, 11) is 0. The molecule has 2 aliphatic rings. The van der Waals surface area contributed by atoms with Gasteiger partial charge in [0, 0.05) is 38.7 Å². The van der Waals surface area contributed by atoms with Crippen molar-refractivity contribution in [3.05, 3.63) is 0 Å². The monoisotopic (exact) mass is 268 g/mol. The van der Waals surface area contributed by atoms with Gasteiger partial charge in [0.25, 0.3) is 0 Å². The second-order valence-corrected chi connectivity index (χ2v) is 6.24. The number of aliphatic hydroxyl groups excluding tert-OH is 1. The molecule has 0 aromatic rings. The summed E-state index contributed by atoms with van der Waals surface area (Å²) in [4.78, 5) is 13.6. The van der Waals surface area contributed by atoms with Crippen molar-refractivity contribution >= 4 is 5.91 Å². The Hall–Kier alpha value is -0.610. The molecule has 2 atom stereocenters. The molecule has 1 saturated heterocycles. The topological polar surface area (TPSA) is 52.6 Å². The fourth-order valence-electron chi connectivity index (χ4n) is 3.58. The molecule has 1 aliphatic heterocycles. The third-order valence-electron chi connectivity index (χ3n) is 4.60. The van der Waals surface area contributed by atoms with Crippen molar-refractivity contribution in [1.29, 1.82) is 0 Å². The van der Waals surface area contributed by atoms with Crippen LogP contribution in [0.2, 0.25) is 0 Å². The Balaban J connectivity index is 1.88. The number of rotatable bonds is 4. The second-order valence-electron chi connectivity index (χ2n) is 6.24. The van der Waals surface area contributed by atoms with Gasteiger partial charge >= 0.3 is 0 Å². The zero-order chi connectivity index (χ0) is 13.7. The summed E-state index contributed by atoms with van der Waals surface area (Å²) in [6.45, 7) is 3.54. The van der Waals surface area contributed by atoms with Gasteiger partial charge in [-0.2, -0.15) is 0 Å². The van der Waals surface area contributed by atoms with Crippen LogP contribution in [0.5, 0.6) is 0 Å². The highest BCUT2D eigenvalue weighted by atomic mass is 16.3. The maximum absolute atomic E-state index is 11.6. The molecule has 2 unspecified atom stereocenters. The third-order valence-corrected chi connectivity index (χ3v) is 4.60. The number of carbonyl (C=O) groups excluding carboxylic acids is 1. The van der Waals surface area contributed by atoms with Crippen LogP contribution in [0.4, 0.5) is 0 Å². The number of aliphatic hydroxyl groups is 1. The lowest BCUT2D eigenvalue weighted by atomic mass is 9.89. The van der Waals surface area contributed by atoms with Crippen molar-refractivity contribution < 1.29 is 9.90 Å². The summed E-state index contributed by atoms with van der Waals surface area (Å²) < 4.78 is 0. The molecule has 0 bridgehead atoms. The van der Waals surface area contributed by atoms with Crippen LogP contribution in [-0.2, 0) is 4.79 Å². The van der Waals surface area contributed by atoms with Gasteiger partial charge in [-0.25, -0.2) is 0 Å². The predicted octanol–water partition coefficient (Wildman–Crippen LogP) is 1.53. The molecule has 2 N–H and O–H groups in total. The Bertz CT molecular complexity index is 290. The molecule has 0 aromatic heterocycles. The minimum absolute atomic E-state index is 0.165. The van der Waals surface area contributed by atoms with Crippen LogP contribution in [0.15, 0.2) is 0 Å². The summed E-state index contributed by atoms with van der Waals surface area (Å²) >= 11 is 0. The molecular weight excluding hydrogens is 240 g/mol. The molecule has 0 aromatic carbocycles. The van der Waals surface area contributed by atoms with Crippen LogP contribution in [0.25, 0.3) is 0 Å². The highest BCUT2D eigenvalue weighted by Crippen LogP contribution is 2.23. The van der Waals surface area contributed by atoms with E-state index in [1.165, 1.54) is 32.1 Å². The van der Waals surface area contributed by atoms with E-state index in [2.05, 4.69) is 5.32 Å². The number of hydrogen-bond acceptors (Lipinski definition) is 3. The van der Waals surface area contributed by atoms with Gasteiger partial charge in [-0.15, -0.1) is 0 Å². The van der Waals surface area contributed by atoms with E-state index in [1.54, 1.807) is 6.92 Å². The number of likely N-dealkylation sites (tertiary alicyclic amines) is 1. The van der Waals surface area contributed by atoms with Gasteiger partial charge in [-0.1, -0.05) is 19.3 Å². The van der Waals surface area contributed by atoms with E-state index in [-0.39, 0.29) is 12.5 Å². The standard InChI is InChI=1S/C15H28N2O2/c1-12(19)17-10-13(7-8-18)9-15(11-17)16-14-5-3-2-4-6-14/h13-16,18H,2-11H2,1H3. The van der Waals surface area contributed by atoms with Gasteiger partial charge in [0.2, 0.25) is 5.91 Å². The molecule has 1 saturated carbocycles. The van der Waals surface area contributed by atoms with Crippen LogP contribution in [-0.4, -0.2) is 47.7 Å². The van der Waals surface area contributed by atoms with Gasteiger partial charge < -0.3 is 15.3 Å². The zero-order valence-corrected chi connectivity index (χ0v) is 12.1. The van der Waals surface area contributed by atoms with Gasteiger partial charge in [0.05, 0.1) is 0 Å². The molecule has 1 heterocycles. The summed E-state index contributed by atoms with van der Waals surface area (Å²) in [6.07, 6.45) is 8.51. The summed E-state index contributed by atoms with van der Waals surface area (Å²) in [5.41, 5.74) is 0. The number of amides is 1. The lowest BCUT2D eigenvalue weighted by Crippen LogP contribution is -2.53. The minimum atomic E-state index is 0.165. The normalized spacial score (nSPS) is 29.5. The van der Waals surface area contributed by atoms with E-state index in [4.69, 9.17) is 5.11 Å². The smallest absolute Gasteiger partial charge is 0.219 e. The number of carbonyl (C=O) groups is 1. The number of nitrogens with zero attached hydrogens (tertiary/aromatic N) is 1. The lowest BCUT2D eigenvalue weighted by molar-refractivity contribution is -0.131. The van der Waals surface area contributed by atoms with E-state index in [1.807, 2.05) is 4.90 Å². The molecule has 1 aliphatic carbocycles. The maximum atomic E-state index is 11.6. The Morgan fingerprint density at radius 3 is 2.58 bits per heavy atom. The Morgan fingerprint density at radius 2 is 1.95 bits per heavy atom. The molecule has 1 amide bonds. The molecule has 2 rings (SSSR count). The second kappa shape index (κ2) is 7.25. The summed E-state index contributed by atoms with van der Waals surface area (Å²) in [5, 5.41) is 12.9. The van der Waals surface area contributed by atoms with Gasteiger partial charge in [0.15, 0.2) is 0 Å². The first kappa shape index (κ1) is 14.8. The Kier molecular flexibility index (Phi) is 5.64. The molecule has 110 valence electrons. The third kappa shape index (κ3) is 4.46. The fraction of sp³-hybridized carbons (Fsp3) is 0.933. The van der Waals surface area contributed by atoms with Crippen molar-refractivity contribution in [3.8, 4) is 0 Å². The average molecular weight is 268 g/mol. The first-order chi connectivity index (χ1) is 9.19. The van der Waals surface area contributed by atoms with Crippen LogP contribution >= 0.6 is 0 Å². The maximum Gasteiger partial charge on any atom is 0.219 e. The van der Waals surface area contributed by atoms with Crippen molar-refractivity contribution in [2.24, 2.45) is 5.92 Å². The molecule has 4 nitrogen and oxygen atoms in total. The predicted molar refractivity (Wildman–Crippen MR) is 75.9 cm³/mol. The van der Waals surface area contributed by atoms with Crippen molar-refractivity contribution in [1.82, 2.24) is 10.2 Å². The van der Waals surface area contributed by atoms with E-state index in [0.29, 0.717) is 18.0 Å². The Morgan fingerprint density at radius 1 is 1.21 bits per heavy atom. The first-order valence-corrected chi connectivity index (χ1v) is 7.81. The van der Waals surface area contributed by atoms with Crippen LogP contribution in [0, 0.1) is 5.92 Å². The minimum Gasteiger partial charge on any atom is -0.396 e. The molecule has 19 heavy (non-hydrogen) atoms. The van der Waals surface area contributed by atoms with Crippen LogP contribution < -0.4 is 5.32 Å². The van der Waals surface area contributed by atoms with Gasteiger partial charge in [0.1, 0.15) is 0 Å². The lowest BCUT2D eigenvalue weighted by Gasteiger charge is -2.40. The number of piperidine rings is 1. The fourth-order valence-corrected chi connectivity index (χ4v) is 3.58. The van der Waals surface area contributed by atoms with E-state index in [0.717, 1.165) is 25.9 Å². The molecular formula is C15H28N2O2. The van der Waals surface area contributed by atoms with Crippen molar-refractivity contribution in [2.75, 3.05) is 19.7 Å². The van der Waals surface area contributed by atoms with Crippen molar-refractivity contribution in [2.45, 2.75) is 64.0 Å². The number of hydrogen-bond donors (Lipinski definition) is 2. The average Bonchev–Trinajstić information content (AvgIpc) is 2.40. The zero-order valence-electron chi connectivity index (χ0n) is 12.1. The number of nitrogens with one attached hydrogen (secondary N) is 1. The van der Waals surface area contributed by atoms with Crippen LogP contribution in [0.3, 0.4) is 0 Å². The SMILES string of the molecule is CC(=O)N1CC(CCO)CC(NC2CCCCC2)C1. The van der Waals surface area contributed by atoms with Crippen molar-refractivity contribution in [3.63, 3.8) is 0 Å². The quantitative estimate of drug-likeness (QED) is 0.813. The first-order valence-electron chi connectivity index (χ1n) is 7.81. The molecule has 0 radical (unpaired) electrons. The highest BCUT2D eigenvalue weighted by Gasteiger charge is 2.29. The Labute approximate surface area is 116 Å².